The predicted molar refractivity (Wildman–Crippen MR) is 86.1 cm³/mol. The highest BCUT2D eigenvalue weighted by atomic mass is 19.4. The number of anilines is 1. The molecule has 0 radical (unpaired) electrons. The number of nitrogens with zero attached hydrogens (tertiary/aromatic N) is 5. The molecule has 4 heterocycles. The number of pyridine rings is 2. The van der Waals surface area contributed by atoms with Gasteiger partial charge < -0.3 is 5.32 Å². The van der Waals surface area contributed by atoms with E-state index in [1.54, 1.807) is 18.6 Å². The molecule has 0 atom stereocenters. The Kier molecular flexibility index (Phi) is 3.48. The molecule has 0 spiro atoms. The number of halogens is 3. The molecule has 126 valence electrons. The van der Waals surface area contributed by atoms with Crippen molar-refractivity contribution in [3.05, 3.63) is 49.1 Å². The molecule has 0 aliphatic rings. The van der Waals surface area contributed by atoms with Crippen molar-refractivity contribution in [1.29, 1.82) is 0 Å². The third-order valence-electron chi connectivity index (χ3n) is 3.63. The van der Waals surface area contributed by atoms with Crippen molar-refractivity contribution in [2.24, 2.45) is 0 Å². The maximum Gasteiger partial charge on any atom is 0.405 e. The summed E-state index contributed by atoms with van der Waals surface area (Å²) in [7, 11) is 0. The summed E-state index contributed by atoms with van der Waals surface area (Å²) >= 11 is 0. The lowest BCUT2D eigenvalue weighted by Crippen LogP contribution is -2.22. The molecule has 0 unspecified atom stereocenters. The molecule has 0 saturated carbocycles. The van der Waals surface area contributed by atoms with Crippen molar-refractivity contribution in [1.82, 2.24) is 24.6 Å². The van der Waals surface area contributed by atoms with Gasteiger partial charge in [-0.1, -0.05) is 0 Å². The van der Waals surface area contributed by atoms with Gasteiger partial charge in [0.2, 0.25) is 5.95 Å². The highest BCUT2D eigenvalue weighted by molar-refractivity contribution is 5.86. The van der Waals surface area contributed by atoms with E-state index in [4.69, 9.17) is 0 Å². The molecule has 0 saturated heterocycles. The molecule has 0 aromatic carbocycles. The maximum absolute atomic E-state index is 12.3. The SMILES string of the molecule is FC(F)(F)CNc1ncc2c(-c3cnc4ncccc4c3)ccn2n1. The second kappa shape index (κ2) is 5.69. The lowest BCUT2D eigenvalue weighted by atomic mass is 10.1. The van der Waals surface area contributed by atoms with E-state index in [-0.39, 0.29) is 5.95 Å². The second-order valence-electron chi connectivity index (χ2n) is 5.38. The van der Waals surface area contributed by atoms with Crippen molar-refractivity contribution in [2.75, 3.05) is 11.9 Å². The van der Waals surface area contributed by atoms with Gasteiger partial charge in [0.25, 0.3) is 0 Å². The summed E-state index contributed by atoms with van der Waals surface area (Å²) in [6.07, 6.45) is 2.19. The van der Waals surface area contributed by atoms with Crippen molar-refractivity contribution in [3.63, 3.8) is 0 Å². The molecular weight excluding hydrogens is 333 g/mol. The number of hydrogen-bond acceptors (Lipinski definition) is 5. The van der Waals surface area contributed by atoms with Crippen LogP contribution in [0.15, 0.2) is 49.1 Å². The number of hydrogen-bond donors (Lipinski definition) is 1. The first-order valence-electron chi connectivity index (χ1n) is 7.36. The summed E-state index contributed by atoms with van der Waals surface area (Å²) in [6, 6.07) is 7.50. The fourth-order valence-corrected chi connectivity index (χ4v) is 2.52. The average Bonchev–Trinajstić information content (AvgIpc) is 3.02. The smallest absolute Gasteiger partial charge is 0.344 e. The number of rotatable bonds is 3. The zero-order valence-corrected chi connectivity index (χ0v) is 12.7. The average molecular weight is 344 g/mol. The van der Waals surface area contributed by atoms with E-state index in [0.29, 0.717) is 11.2 Å². The third kappa shape index (κ3) is 3.08. The molecule has 1 N–H and O–H groups in total. The van der Waals surface area contributed by atoms with Gasteiger partial charge in [0.1, 0.15) is 6.54 Å². The van der Waals surface area contributed by atoms with E-state index in [1.165, 1.54) is 10.7 Å². The molecule has 0 aliphatic carbocycles. The van der Waals surface area contributed by atoms with E-state index in [1.807, 2.05) is 24.3 Å². The lowest BCUT2D eigenvalue weighted by molar-refractivity contribution is -0.115. The molecule has 0 amide bonds. The Morgan fingerprint density at radius 3 is 2.80 bits per heavy atom. The van der Waals surface area contributed by atoms with Crippen LogP contribution in [-0.4, -0.2) is 37.3 Å². The molecular formula is C16H11F3N6. The topological polar surface area (TPSA) is 68.0 Å². The van der Waals surface area contributed by atoms with Gasteiger partial charge in [-0.05, 0) is 24.3 Å². The van der Waals surface area contributed by atoms with Gasteiger partial charge in [-0.15, -0.1) is 5.10 Å². The zero-order chi connectivity index (χ0) is 17.4. The van der Waals surface area contributed by atoms with Crippen LogP contribution >= 0.6 is 0 Å². The number of alkyl halides is 3. The Morgan fingerprint density at radius 2 is 1.96 bits per heavy atom. The quantitative estimate of drug-likeness (QED) is 0.617. The van der Waals surface area contributed by atoms with Gasteiger partial charge in [-0.2, -0.15) is 13.2 Å². The standard InChI is InChI=1S/C16H11F3N6/c17-16(18,19)9-23-15-22-8-13-12(3-5-25(13)24-15)11-6-10-2-1-4-20-14(10)21-7-11/h1-8H,9H2,(H,23,24). The first-order chi connectivity index (χ1) is 12.0. The normalized spacial score (nSPS) is 12.0. The maximum atomic E-state index is 12.3. The first-order valence-corrected chi connectivity index (χ1v) is 7.36. The first kappa shape index (κ1) is 15.3. The van der Waals surface area contributed by atoms with Gasteiger partial charge in [0.15, 0.2) is 5.65 Å². The summed E-state index contributed by atoms with van der Waals surface area (Å²) in [4.78, 5) is 12.5. The van der Waals surface area contributed by atoms with E-state index < -0.39 is 12.7 Å². The van der Waals surface area contributed by atoms with E-state index in [9.17, 15) is 13.2 Å². The molecule has 6 nitrogen and oxygen atoms in total. The largest absolute Gasteiger partial charge is 0.405 e. The van der Waals surface area contributed by atoms with Crippen LogP contribution in [0.5, 0.6) is 0 Å². The molecule has 25 heavy (non-hydrogen) atoms. The molecule has 0 fully saturated rings. The second-order valence-corrected chi connectivity index (χ2v) is 5.38. The van der Waals surface area contributed by atoms with E-state index >= 15 is 0 Å². The predicted octanol–water partition coefficient (Wildman–Crippen LogP) is 3.31. The fourth-order valence-electron chi connectivity index (χ4n) is 2.52. The Bertz CT molecular complexity index is 1060. The van der Waals surface area contributed by atoms with Crippen LogP contribution in [-0.2, 0) is 0 Å². The molecule has 9 heteroatoms. The van der Waals surface area contributed by atoms with Crippen LogP contribution in [0.3, 0.4) is 0 Å². The third-order valence-corrected chi connectivity index (χ3v) is 3.63. The van der Waals surface area contributed by atoms with Crippen LogP contribution in [0.25, 0.3) is 27.7 Å². The monoisotopic (exact) mass is 344 g/mol. The Balaban J connectivity index is 1.70. The van der Waals surface area contributed by atoms with Crippen LogP contribution in [0.4, 0.5) is 19.1 Å². The molecule has 0 aliphatic heterocycles. The minimum absolute atomic E-state index is 0.0900. The molecule has 4 rings (SSSR count). The lowest BCUT2D eigenvalue weighted by Gasteiger charge is -2.08. The summed E-state index contributed by atoms with van der Waals surface area (Å²) in [5.74, 6) is -0.0900. The van der Waals surface area contributed by atoms with Gasteiger partial charge in [0, 0.05) is 35.1 Å². The number of fused-ring (bicyclic) bond motifs is 2. The molecule has 4 aromatic heterocycles. The summed E-state index contributed by atoms with van der Waals surface area (Å²) in [5.41, 5.74) is 3.00. The Morgan fingerprint density at radius 1 is 1.08 bits per heavy atom. The molecule has 0 bridgehead atoms. The van der Waals surface area contributed by atoms with Gasteiger partial charge in [-0.3, -0.25) is 0 Å². The Labute approximate surface area is 139 Å². The van der Waals surface area contributed by atoms with Gasteiger partial charge >= 0.3 is 6.18 Å². The minimum Gasteiger partial charge on any atom is -0.344 e. The van der Waals surface area contributed by atoms with Crippen molar-refractivity contribution < 1.29 is 13.2 Å². The number of nitrogens with one attached hydrogen (secondary N) is 1. The van der Waals surface area contributed by atoms with E-state index in [2.05, 4.69) is 25.4 Å². The fraction of sp³-hybridized carbons (Fsp3) is 0.125. The summed E-state index contributed by atoms with van der Waals surface area (Å²) in [6.45, 7) is -1.19. The molecule has 4 aromatic rings. The van der Waals surface area contributed by atoms with Gasteiger partial charge in [0.05, 0.1) is 11.7 Å². The Hall–Kier alpha value is -3.23. The number of aromatic nitrogens is 5. The van der Waals surface area contributed by atoms with Crippen molar-refractivity contribution in [2.45, 2.75) is 6.18 Å². The summed E-state index contributed by atoms with van der Waals surface area (Å²) < 4.78 is 38.3. The zero-order valence-electron chi connectivity index (χ0n) is 12.7. The highest BCUT2D eigenvalue weighted by Gasteiger charge is 2.27. The highest BCUT2D eigenvalue weighted by Crippen LogP contribution is 2.26. The van der Waals surface area contributed by atoms with Crippen LogP contribution in [0, 0.1) is 0 Å². The van der Waals surface area contributed by atoms with E-state index in [0.717, 1.165) is 16.5 Å². The van der Waals surface area contributed by atoms with Gasteiger partial charge in [-0.25, -0.2) is 19.5 Å². The minimum atomic E-state index is -4.33. The van der Waals surface area contributed by atoms with Crippen LogP contribution < -0.4 is 5.32 Å². The van der Waals surface area contributed by atoms with Crippen LogP contribution in [0.1, 0.15) is 0 Å². The van der Waals surface area contributed by atoms with Crippen molar-refractivity contribution in [3.8, 4) is 11.1 Å². The van der Waals surface area contributed by atoms with Crippen LogP contribution in [0.2, 0.25) is 0 Å². The van der Waals surface area contributed by atoms with Crippen molar-refractivity contribution >= 4 is 22.5 Å². The summed E-state index contributed by atoms with van der Waals surface area (Å²) in [5, 5.41) is 7.10.